The molecule has 0 radical (unpaired) electrons. The fraction of sp³-hybridized carbons (Fsp3) is 0.500. The summed E-state index contributed by atoms with van der Waals surface area (Å²) in [6, 6.07) is 7.94. The molecule has 0 aromatic heterocycles. The maximum atomic E-state index is 9.70. The highest BCUT2D eigenvalue weighted by Crippen LogP contribution is 2.34. The molecule has 1 fully saturated rings. The molecule has 1 aromatic carbocycles. The Bertz CT molecular complexity index is 412. The first-order chi connectivity index (χ1) is 8.28. The van der Waals surface area contributed by atoms with Crippen LogP contribution in [-0.4, -0.2) is 41.3 Å². The molecule has 4 atom stereocenters. The standard InChI is InChI=1S/C12H16N2O3/c15-6-10(16)12-9-5-11(17-12)14-8-4-2-1-3-7(8)13-9/h1-4,9-16H,5-6H2/t9-,10+,11-,12-/m0/s1. The molecular weight excluding hydrogens is 220 g/mol. The zero-order valence-electron chi connectivity index (χ0n) is 9.34. The Morgan fingerprint density at radius 3 is 2.71 bits per heavy atom. The molecule has 92 valence electrons. The molecule has 2 aliphatic heterocycles. The van der Waals surface area contributed by atoms with Gasteiger partial charge in [0.15, 0.2) is 0 Å². The van der Waals surface area contributed by atoms with Crippen LogP contribution in [0.15, 0.2) is 24.3 Å². The Hall–Kier alpha value is -1.30. The largest absolute Gasteiger partial charge is 0.394 e. The van der Waals surface area contributed by atoms with E-state index in [1.54, 1.807) is 0 Å². The SMILES string of the molecule is OC[C@@H](O)[C@H]1O[C@H]2C[C@@H]1Nc1ccccc1N2. The highest BCUT2D eigenvalue weighted by molar-refractivity contribution is 5.70. The van der Waals surface area contributed by atoms with Gasteiger partial charge in [0.25, 0.3) is 0 Å². The fourth-order valence-electron chi connectivity index (χ4n) is 2.51. The third-order valence-corrected chi connectivity index (χ3v) is 3.34. The number of para-hydroxylation sites is 2. The van der Waals surface area contributed by atoms with E-state index in [4.69, 9.17) is 9.84 Å². The van der Waals surface area contributed by atoms with Crippen LogP contribution < -0.4 is 10.6 Å². The van der Waals surface area contributed by atoms with Crippen LogP contribution in [0.4, 0.5) is 11.4 Å². The summed E-state index contributed by atoms with van der Waals surface area (Å²) in [5.41, 5.74) is 2.02. The number of hydrogen-bond acceptors (Lipinski definition) is 5. The van der Waals surface area contributed by atoms with E-state index in [1.807, 2.05) is 24.3 Å². The van der Waals surface area contributed by atoms with Gasteiger partial charge in [0.2, 0.25) is 0 Å². The first kappa shape index (κ1) is 10.8. The second kappa shape index (κ2) is 4.18. The second-order valence-corrected chi connectivity index (χ2v) is 4.52. The molecule has 17 heavy (non-hydrogen) atoms. The van der Waals surface area contributed by atoms with Crippen molar-refractivity contribution in [3.8, 4) is 0 Å². The number of ether oxygens (including phenoxy) is 1. The van der Waals surface area contributed by atoms with E-state index >= 15 is 0 Å². The minimum Gasteiger partial charge on any atom is -0.394 e. The summed E-state index contributed by atoms with van der Waals surface area (Å²) in [6.45, 7) is -0.281. The monoisotopic (exact) mass is 236 g/mol. The second-order valence-electron chi connectivity index (χ2n) is 4.52. The first-order valence-electron chi connectivity index (χ1n) is 5.84. The van der Waals surface area contributed by atoms with E-state index in [0.29, 0.717) is 0 Å². The van der Waals surface area contributed by atoms with Crippen LogP contribution in [0.1, 0.15) is 6.42 Å². The summed E-state index contributed by atoms with van der Waals surface area (Å²) in [5.74, 6) is 0. The number of hydrogen-bond donors (Lipinski definition) is 4. The number of rotatable bonds is 2. The highest BCUT2D eigenvalue weighted by Gasteiger charge is 2.41. The van der Waals surface area contributed by atoms with E-state index < -0.39 is 6.10 Å². The molecule has 5 heteroatoms. The van der Waals surface area contributed by atoms with Crippen molar-refractivity contribution in [1.82, 2.24) is 0 Å². The molecule has 4 N–H and O–H groups in total. The van der Waals surface area contributed by atoms with Crippen molar-refractivity contribution in [1.29, 1.82) is 0 Å². The van der Waals surface area contributed by atoms with Gasteiger partial charge in [-0.1, -0.05) is 12.1 Å². The van der Waals surface area contributed by atoms with Crippen molar-refractivity contribution in [2.45, 2.75) is 30.9 Å². The Balaban J connectivity index is 1.86. The number of aliphatic hydroxyl groups is 2. The Kier molecular flexibility index (Phi) is 2.66. The quantitative estimate of drug-likeness (QED) is 0.596. The topological polar surface area (TPSA) is 73.8 Å². The van der Waals surface area contributed by atoms with Crippen LogP contribution in [0.3, 0.4) is 0 Å². The van der Waals surface area contributed by atoms with Crippen LogP contribution >= 0.6 is 0 Å². The molecule has 1 aromatic rings. The summed E-state index contributed by atoms with van der Waals surface area (Å²) in [5, 5.41) is 25.3. The van der Waals surface area contributed by atoms with Gasteiger partial charge in [0.05, 0.1) is 24.0 Å². The van der Waals surface area contributed by atoms with Crippen LogP contribution in [0.25, 0.3) is 0 Å². The van der Waals surface area contributed by atoms with Crippen molar-refractivity contribution in [3.05, 3.63) is 24.3 Å². The fourth-order valence-corrected chi connectivity index (χ4v) is 2.51. The average Bonchev–Trinajstić information content (AvgIpc) is 2.62. The number of aliphatic hydroxyl groups excluding tert-OH is 2. The highest BCUT2D eigenvalue weighted by atomic mass is 16.5. The van der Waals surface area contributed by atoms with Gasteiger partial charge in [0, 0.05) is 6.42 Å². The van der Waals surface area contributed by atoms with E-state index in [2.05, 4.69) is 10.6 Å². The Morgan fingerprint density at radius 2 is 2.00 bits per heavy atom. The maximum Gasteiger partial charge on any atom is 0.130 e. The van der Waals surface area contributed by atoms with Gasteiger partial charge in [-0.3, -0.25) is 0 Å². The van der Waals surface area contributed by atoms with Crippen molar-refractivity contribution >= 4 is 11.4 Å². The minimum absolute atomic E-state index is 0.0262. The van der Waals surface area contributed by atoms with Gasteiger partial charge in [-0.05, 0) is 12.1 Å². The Morgan fingerprint density at radius 1 is 1.29 bits per heavy atom. The number of fused-ring (bicyclic) bond motifs is 3. The third-order valence-electron chi connectivity index (χ3n) is 3.34. The first-order valence-corrected chi connectivity index (χ1v) is 5.84. The predicted octanol–water partition coefficient (Wildman–Crippen LogP) is 0.361. The van der Waals surface area contributed by atoms with Crippen LogP contribution in [0, 0.1) is 0 Å². The van der Waals surface area contributed by atoms with Gasteiger partial charge >= 0.3 is 0 Å². The van der Waals surface area contributed by atoms with Crippen LogP contribution in [0.2, 0.25) is 0 Å². The Labute approximate surface area is 99.4 Å². The lowest BCUT2D eigenvalue weighted by Crippen LogP contribution is -2.41. The van der Waals surface area contributed by atoms with Gasteiger partial charge in [-0.2, -0.15) is 0 Å². The lowest BCUT2D eigenvalue weighted by atomic mass is 10.1. The van der Waals surface area contributed by atoms with E-state index in [1.165, 1.54) is 0 Å². The predicted molar refractivity (Wildman–Crippen MR) is 63.8 cm³/mol. The molecule has 0 amide bonds. The zero-order chi connectivity index (χ0) is 11.8. The molecular formula is C12H16N2O3. The summed E-state index contributed by atoms with van der Waals surface area (Å²) in [7, 11) is 0. The summed E-state index contributed by atoms with van der Waals surface area (Å²) in [6.07, 6.45) is -0.547. The molecule has 0 saturated carbocycles. The van der Waals surface area contributed by atoms with Crippen molar-refractivity contribution < 1.29 is 14.9 Å². The zero-order valence-corrected chi connectivity index (χ0v) is 9.34. The van der Waals surface area contributed by atoms with Crippen molar-refractivity contribution in [2.24, 2.45) is 0 Å². The maximum absolute atomic E-state index is 9.70. The number of benzene rings is 1. The summed E-state index contributed by atoms with van der Waals surface area (Å²) >= 11 is 0. The average molecular weight is 236 g/mol. The summed E-state index contributed by atoms with van der Waals surface area (Å²) in [4.78, 5) is 0. The van der Waals surface area contributed by atoms with E-state index in [9.17, 15) is 5.11 Å². The van der Waals surface area contributed by atoms with Crippen LogP contribution in [0.5, 0.6) is 0 Å². The molecule has 5 nitrogen and oxygen atoms in total. The third kappa shape index (κ3) is 1.86. The van der Waals surface area contributed by atoms with E-state index in [0.717, 1.165) is 17.8 Å². The number of nitrogens with one attached hydrogen (secondary N) is 2. The normalized spacial score (nSPS) is 32.0. The minimum atomic E-state index is -0.843. The number of anilines is 2. The molecule has 2 aliphatic rings. The van der Waals surface area contributed by atoms with Gasteiger partial charge in [-0.15, -0.1) is 0 Å². The lowest BCUT2D eigenvalue weighted by molar-refractivity contribution is -0.0499. The van der Waals surface area contributed by atoms with Crippen molar-refractivity contribution in [2.75, 3.05) is 17.2 Å². The summed E-state index contributed by atoms with van der Waals surface area (Å²) < 4.78 is 5.69. The van der Waals surface area contributed by atoms with Crippen LogP contribution in [-0.2, 0) is 4.74 Å². The molecule has 1 saturated heterocycles. The smallest absolute Gasteiger partial charge is 0.130 e. The van der Waals surface area contributed by atoms with Crippen molar-refractivity contribution in [3.63, 3.8) is 0 Å². The molecule has 3 rings (SSSR count). The molecule has 0 aliphatic carbocycles. The van der Waals surface area contributed by atoms with Gasteiger partial charge in [0.1, 0.15) is 18.4 Å². The molecule has 2 bridgehead atoms. The van der Waals surface area contributed by atoms with Gasteiger partial charge in [-0.25, -0.2) is 0 Å². The molecule has 0 unspecified atom stereocenters. The van der Waals surface area contributed by atoms with E-state index in [-0.39, 0.29) is 25.0 Å². The molecule has 2 heterocycles. The molecule has 0 spiro atoms. The van der Waals surface area contributed by atoms with Gasteiger partial charge < -0.3 is 25.6 Å². The lowest BCUT2D eigenvalue weighted by Gasteiger charge is -2.26.